The molecule has 1 heteroatoms. The van der Waals surface area contributed by atoms with Gasteiger partial charge in [0.25, 0.3) is 0 Å². The van der Waals surface area contributed by atoms with E-state index in [4.69, 9.17) is 0 Å². The van der Waals surface area contributed by atoms with Crippen LogP contribution in [0, 0.1) is 0 Å². The van der Waals surface area contributed by atoms with Crippen molar-refractivity contribution < 1.29 is 0 Å². The summed E-state index contributed by atoms with van der Waals surface area (Å²) in [4.78, 5) is 0. The Balaban J connectivity index is 2.38. The predicted molar refractivity (Wildman–Crippen MR) is 30.2 cm³/mol. The Morgan fingerprint density at radius 3 is 2.67 bits per heavy atom. The van der Waals surface area contributed by atoms with E-state index in [0.717, 1.165) is 0 Å². The van der Waals surface area contributed by atoms with Gasteiger partial charge in [0.05, 0.1) is 0 Å². The number of hydrogen-bond donors (Lipinski definition) is 0. The average Bonchev–Trinajstić information content (AvgIpc) is 1.86. The second kappa shape index (κ2) is 2.06. The Hall–Kier alpha value is 0.610. The summed E-state index contributed by atoms with van der Waals surface area (Å²) in [6.07, 6.45) is 3.75. The number of allylic oxidation sites excluding steroid dienone is 1. The summed E-state index contributed by atoms with van der Waals surface area (Å²) in [7, 11) is 0. The van der Waals surface area contributed by atoms with Crippen LogP contribution in [0.15, 0.2) is 9.91 Å². The summed E-state index contributed by atoms with van der Waals surface area (Å²) < 4.78 is 6.54. The molecule has 0 aromatic heterocycles. The number of rotatable bonds is 0. The molecule has 0 fully saturated rings. The quantitative estimate of drug-likeness (QED) is 0.536. The van der Waals surface area contributed by atoms with Gasteiger partial charge in [-0.15, -0.1) is 0 Å². The SMILES string of the molecule is [CH3][In]1[CH]=CC[CH2]1. The van der Waals surface area contributed by atoms with Crippen LogP contribution in [0.2, 0.25) is 8.86 Å². The zero-order valence-electron chi connectivity index (χ0n) is 4.15. The van der Waals surface area contributed by atoms with Crippen LogP contribution in [0.25, 0.3) is 0 Å². The van der Waals surface area contributed by atoms with E-state index in [1.54, 1.807) is 4.18 Å². The minimum absolute atomic E-state index is 0.791. The van der Waals surface area contributed by atoms with E-state index in [1.165, 1.54) is 6.42 Å². The van der Waals surface area contributed by atoms with E-state index in [-0.39, 0.29) is 0 Å². The Kier molecular flexibility index (Phi) is 1.63. The van der Waals surface area contributed by atoms with Crippen LogP contribution in [-0.2, 0) is 0 Å². The maximum absolute atomic E-state index is 2.49. The Morgan fingerprint density at radius 2 is 2.50 bits per heavy atom. The molecule has 0 nitrogen and oxygen atoms in total. The van der Waals surface area contributed by atoms with Gasteiger partial charge in [-0.1, -0.05) is 0 Å². The molecule has 0 aromatic carbocycles. The van der Waals surface area contributed by atoms with E-state index in [2.05, 4.69) is 14.6 Å². The van der Waals surface area contributed by atoms with Gasteiger partial charge in [0.1, 0.15) is 0 Å². The molecule has 0 atom stereocenters. The molecule has 0 aliphatic carbocycles. The van der Waals surface area contributed by atoms with Gasteiger partial charge < -0.3 is 0 Å². The normalized spacial score (nSPS) is 19.8. The second-order valence-corrected chi connectivity index (χ2v) is 10.3. The van der Waals surface area contributed by atoms with Crippen molar-refractivity contribution >= 4 is 21.4 Å². The Morgan fingerprint density at radius 1 is 1.67 bits per heavy atom. The topological polar surface area (TPSA) is 0 Å². The fraction of sp³-hybridized carbons (Fsp3) is 0.600. The van der Waals surface area contributed by atoms with E-state index >= 15 is 0 Å². The minimum atomic E-state index is -0.791. The molecule has 0 N–H and O–H groups in total. The van der Waals surface area contributed by atoms with E-state index in [0.29, 0.717) is 0 Å². The van der Waals surface area contributed by atoms with Gasteiger partial charge in [-0.3, -0.25) is 0 Å². The molecule has 0 bridgehead atoms. The average molecular weight is 184 g/mol. The van der Waals surface area contributed by atoms with Gasteiger partial charge in [-0.05, 0) is 0 Å². The molecule has 1 heterocycles. The Bertz CT molecular complexity index is 66.3. The molecular weight excluding hydrogens is 175 g/mol. The van der Waals surface area contributed by atoms with Crippen molar-refractivity contribution in [2.24, 2.45) is 0 Å². The summed E-state index contributed by atoms with van der Waals surface area (Å²) in [6.45, 7) is 0. The molecule has 0 unspecified atom stereocenters. The zero-order valence-corrected chi connectivity index (χ0v) is 7.44. The van der Waals surface area contributed by atoms with Crippen LogP contribution in [0.1, 0.15) is 6.42 Å². The van der Waals surface area contributed by atoms with Crippen molar-refractivity contribution in [3.63, 3.8) is 0 Å². The molecular formula is C5H9In. The summed E-state index contributed by atoms with van der Waals surface area (Å²) in [5, 5.41) is 0. The van der Waals surface area contributed by atoms with Gasteiger partial charge in [-0.2, -0.15) is 0 Å². The first kappa shape index (κ1) is 4.76. The summed E-state index contributed by atoms with van der Waals surface area (Å²) in [5.41, 5.74) is 0. The third-order valence-corrected chi connectivity index (χ3v) is 7.46. The van der Waals surface area contributed by atoms with Crippen molar-refractivity contribution in [1.29, 1.82) is 0 Å². The van der Waals surface area contributed by atoms with Gasteiger partial charge in [0.2, 0.25) is 0 Å². The van der Waals surface area contributed by atoms with Crippen LogP contribution in [-0.4, -0.2) is 21.4 Å². The summed E-state index contributed by atoms with van der Waals surface area (Å²) in [6, 6.07) is 0. The standard InChI is InChI=1S/C4H6.CH3.In/c1-3-4-2;;/h1,3H,2,4H2;1H3;. The van der Waals surface area contributed by atoms with Crippen LogP contribution in [0.3, 0.4) is 0 Å². The third-order valence-electron chi connectivity index (χ3n) is 1.25. The van der Waals surface area contributed by atoms with Crippen LogP contribution in [0.5, 0.6) is 0 Å². The molecule has 1 aliphatic rings. The molecule has 0 amide bonds. The molecule has 6 heavy (non-hydrogen) atoms. The van der Waals surface area contributed by atoms with Crippen LogP contribution >= 0.6 is 0 Å². The first-order valence-electron chi connectivity index (χ1n) is 2.56. The van der Waals surface area contributed by atoms with Crippen LogP contribution in [0.4, 0.5) is 0 Å². The van der Waals surface area contributed by atoms with E-state index in [9.17, 15) is 0 Å². The van der Waals surface area contributed by atoms with Gasteiger partial charge in [0, 0.05) is 0 Å². The maximum atomic E-state index is 2.49. The van der Waals surface area contributed by atoms with Crippen molar-refractivity contribution in [3.05, 3.63) is 9.91 Å². The predicted octanol–water partition coefficient (Wildman–Crippen LogP) is 1.61. The molecule has 1 aliphatic heterocycles. The van der Waals surface area contributed by atoms with Crippen molar-refractivity contribution in [1.82, 2.24) is 0 Å². The second-order valence-electron chi connectivity index (χ2n) is 1.98. The van der Waals surface area contributed by atoms with Crippen molar-refractivity contribution in [3.8, 4) is 0 Å². The van der Waals surface area contributed by atoms with Crippen molar-refractivity contribution in [2.45, 2.75) is 15.3 Å². The van der Waals surface area contributed by atoms with E-state index < -0.39 is 21.4 Å². The summed E-state index contributed by atoms with van der Waals surface area (Å²) in [5.74, 6) is 0. The molecule has 32 valence electrons. The molecule has 0 aromatic rings. The molecule has 1 rings (SSSR count). The summed E-state index contributed by atoms with van der Waals surface area (Å²) >= 11 is -0.791. The van der Waals surface area contributed by atoms with E-state index in [1.807, 2.05) is 0 Å². The molecule has 0 saturated carbocycles. The first-order valence-corrected chi connectivity index (χ1v) is 10.1. The monoisotopic (exact) mass is 184 g/mol. The fourth-order valence-electron chi connectivity index (χ4n) is 0.784. The zero-order chi connectivity index (χ0) is 4.41. The Labute approximate surface area is 46.8 Å². The van der Waals surface area contributed by atoms with Gasteiger partial charge >= 0.3 is 46.6 Å². The third kappa shape index (κ3) is 1.04. The fourth-order valence-corrected chi connectivity index (χ4v) is 5.26. The van der Waals surface area contributed by atoms with Gasteiger partial charge in [-0.25, -0.2) is 0 Å². The molecule has 0 saturated heterocycles. The number of hydrogen-bond acceptors (Lipinski definition) is 0. The van der Waals surface area contributed by atoms with Crippen LogP contribution < -0.4 is 0 Å². The van der Waals surface area contributed by atoms with Gasteiger partial charge in [0.15, 0.2) is 0 Å². The van der Waals surface area contributed by atoms with Crippen molar-refractivity contribution in [2.75, 3.05) is 0 Å². The molecule has 0 spiro atoms. The first-order chi connectivity index (χ1) is 2.89. The molecule has 0 radical (unpaired) electrons.